The van der Waals surface area contributed by atoms with Gasteiger partial charge < -0.3 is 19.9 Å². The lowest BCUT2D eigenvalue weighted by atomic mass is 10.1. The molecule has 0 aromatic heterocycles. The van der Waals surface area contributed by atoms with Crippen molar-refractivity contribution in [3.8, 4) is 0 Å². The van der Waals surface area contributed by atoms with Crippen LogP contribution in [0.3, 0.4) is 0 Å². The lowest BCUT2D eigenvalue weighted by Crippen LogP contribution is -2.45. The van der Waals surface area contributed by atoms with E-state index in [1.165, 1.54) is 0 Å². The van der Waals surface area contributed by atoms with E-state index in [0.717, 1.165) is 12.8 Å². The summed E-state index contributed by atoms with van der Waals surface area (Å²) in [6.07, 6.45) is 1.09. The van der Waals surface area contributed by atoms with Gasteiger partial charge in [0.2, 0.25) is 0 Å². The Morgan fingerprint density at radius 3 is 2.71 bits per heavy atom. The van der Waals surface area contributed by atoms with Crippen molar-refractivity contribution in [2.24, 2.45) is 5.92 Å². The van der Waals surface area contributed by atoms with E-state index in [2.05, 4.69) is 5.32 Å². The van der Waals surface area contributed by atoms with Crippen LogP contribution >= 0.6 is 0 Å². The molecule has 1 rings (SSSR count). The molecule has 0 aromatic carbocycles. The third-order valence-corrected chi connectivity index (χ3v) is 2.63. The molecule has 0 saturated carbocycles. The molecular formula is C11H19NO5. The Labute approximate surface area is 100 Å². The molecule has 2 atom stereocenters. The first-order valence-corrected chi connectivity index (χ1v) is 5.78. The molecule has 1 heterocycles. The first-order valence-electron chi connectivity index (χ1n) is 5.78. The van der Waals surface area contributed by atoms with Crippen molar-refractivity contribution < 1.29 is 24.2 Å². The summed E-state index contributed by atoms with van der Waals surface area (Å²) in [7, 11) is 0. The smallest absolute Gasteiger partial charge is 0.407 e. The van der Waals surface area contributed by atoms with Gasteiger partial charge in [-0.25, -0.2) is 9.59 Å². The molecule has 98 valence electrons. The van der Waals surface area contributed by atoms with Crippen LogP contribution in [0.2, 0.25) is 0 Å². The van der Waals surface area contributed by atoms with Gasteiger partial charge in [0.15, 0.2) is 0 Å². The molecule has 0 aliphatic carbocycles. The van der Waals surface area contributed by atoms with E-state index in [4.69, 9.17) is 14.6 Å². The number of alkyl carbamates (subject to hydrolysis) is 1. The van der Waals surface area contributed by atoms with Crippen molar-refractivity contribution in [1.29, 1.82) is 0 Å². The van der Waals surface area contributed by atoms with Crippen LogP contribution in [-0.4, -0.2) is 42.5 Å². The standard InChI is InChI=1S/C11H19NO5/c1-7(2)9(10(13)14)12-11(15)17-6-8-4-3-5-16-8/h7-9H,3-6H2,1-2H3,(H,12,15)(H,13,14)/t8?,9-/m0/s1. The SMILES string of the molecule is CC(C)[C@H](NC(=O)OCC1CCCO1)C(=O)O. The van der Waals surface area contributed by atoms with Crippen molar-refractivity contribution in [3.63, 3.8) is 0 Å². The van der Waals surface area contributed by atoms with Crippen LogP contribution in [0.1, 0.15) is 26.7 Å². The van der Waals surface area contributed by atoms with Crippen molar-refractivity contribution >= 4 is 12.1 Å². The quantitative estimate of drug-likeness (QED) is 0.754. The average Bonchev–Trinajstić information content (AvgIpc) is 2.74. The molecule has 1 saturated heterocycles. The molecule has 17 heavy (non-hydrogen) atoms. The van der Waals surface area contributed by atoms with Crippen molar-refractivity contribution in [1.82, 2.24) is 5.32 Å². The Bertz CT molecular complexity index is 273. The fourth-order valence-electron chi connectivity index (χ4n) is 1.63. The number of hydrogen-bond donors (Lipinski definition) is 2. The third-order valence-electron chi connectivity index (χ3n) is 2.63. The largest absolute Gasteiger partial charge is 0.480 e. The van der Waals surface area contributed by atoms with Gasteiger partial charge in [-0.05, 0) is 18.8 Å². The predicted octanol–water partition coefficient (Wildman–Crippen LogP) is 1.00. The monoisotopic (exact) mass is 245 g/mol. The minimum atomic E-state index is -1.06. The Balaban J connectivity index is 2.29. The summed E-state index contributed by atoms with van der Waals surface area (Å²) in [6.45, 7) is 4.31. The molecule has 1 unspecified atom stereocenters. The van der Waals surface area contributed by atoms with Gasteiger partial charge in [-0.2, -0.15) is 0 Å². The number of hydrogen-bond acceptors (Lipinski definition) is 4. The second-order valence-electron chi connectivity index (χ2n) is 4.44. The summed E-state index contributed by atoms with van der Waals surface area (Å²) in [6, 6.07) is -0.924. The Hall–Kier alpha value is -1.30. The number of nitrogens with one attached hydrogen (secondary N) is 1. The first kappa shape index (κ1) is 13.8. The highest BCUT2D eigenvalue weighted by Gasteiger charge is 2.25. The molecule has 1 fully saturated rings. The molecular weight excluding hydrogens is 226 g/mol. The second-order valence-corrected chi connectivity index (χ2v) is 4.44. The van der Waals surface area contributed by atoms with Crippen molar-refractivity contribution in [2.75, 3.05) is 13.2 Å². The predicted molar refractivity (Wildman–Crippen MR) is 59.7 cm³/mol. The van der Waals surface area contributed by atoms with Crippen LogP contribution in [0.15, 0.2) is 0 Å². The van der Waals surface area contributed by atoms with E-state index in [-0.39, 0.29) is 18.6 Å². The van der Waals surface area contributed by atoms with E-state index in [0.29, 0.717) is 6.61 Å². The molecule has 0 aromatic rings. The lowest BCUT2D eigenvalue weighted by Gasteiger charge is -2.18. The van der Waals surface area contributed by atoms with E-state index in [9.17, 15) is 9.59 Å². The Morgan fingerprint density at radius 1 is 1.53 bits per heavy atom. The van der Waals surface area contributed by atoms with E-state index in [1.54, 1.807) is 13.8 Å². The average molecular weight is 245 g/mol. The van der Waals surface area contributed by atoms with Gasteiger partial charge in [0.1, 0.15) is 12.6 Å². The van der Waals surface area contributed by atoms with E-state index >= 15 is 0 Å². The number of carbonyl (C=O) groups excluding carboxylic acids is 1. The van der Waals surface area contributed by atoms with E-state index < -0.39 is 18.1 Å². The summed E-state index contributed by atoms with van der Waals surface area (Å²) in [5, 5.41) is 11.2. The van der Waals surface area contributed by atoms with Gasteiger partial charge >= 0.3 is 12.1 Å². The van der Waals surface area contributed by atoms with Gasteiger partial charge in [-0.15, -0.1) is 0 Å². The third kappa shape index (κ3) is 4.60. The fraction of sp³-hybridized carbons (Fsp3) is 0.818. The molecule has 1 aliphatic heterocycles. The maximum Gasteiger partial charge on any atom is 0.407 e. The molecule has 0 bridgehead atoms. The topological polar surface area (TPSA) is 84.9 Å². The zero-order valence-corrected chi connectivity index (χ0v) is 10.1. The summed E-state index contributed by atoms with van der Waals surface area (Å²) < 4.78 is 10.2. The van der Waals surface area contributed by atoms with Crippen LogP contribution in [0.25, 0.3) is 0 Å². The molecule has 6 nitrogen and oxygen atoms in total. The highest BCUT2D eigenvalue weighted by Crippen LogP contribution is 2.12. The zero-order chi connectivity index (χ0) is 12.8. The van der Waals surface area contributed by atoms with Gasteiger partial charge in [0, 0.05) is 6.61 Å². The van der Waals surface area contributed by atoms with Crippen LogP contribution in [0.5, 0.6) is 0 Å². The molecule has 0 radical (unpaired) electrons. The van der Waals surface area contributed by atoms with Gasteiger partial charge in [-0.1, -0.05) is 13.8 Å². The summed E-state index contributed by atoms with van der Waals surface area (Å²) in [5.74, 6) is -1.25. The summed E-state index contributed by atoms with van der Waals surface area (Å²) in [5.41, 5.74) is 0. The van der Waals surface area contributed by atoms with Crippen LogP contribution in [-0.2, 0) is 14.3 Å². The molecule has 2 N–H and O–H groups in total. The number of ether oxygens (including phenoxy) is 2. The highest BCUT2D eigenvalue weighted by molar-refractivity contribution is 5.80. The normalized spacial score (nSPS) is 21.2. The maximum absolute atomic E-state index is 11.4. The van der Waals surface area contributed by atoms with E-state index in [1.807, 2.05) is 0 Å². The van der Waals surface area contributed by atoms with Crippen molar-refractivity contribution in [3.05, 3.63) is 0 Å². The van der Waals surface area contributed by atoms with Gasteiger partial charge in [0.05, 0.1) is 6.10 Å². The minimum absolute atomic E-state index is 0.0527. The summed E-state index contributed by atoms with van der Waals surface area (Å²) in [4.78, 5) is 22.2. The maximum atomic E-state index is 11.4. The molecule has 0 spiro atoms. The number of rotatable bonds is 5. The number of aliphatic carboxylic acids is 1. The second kappa shape index (κ2) is 6.44. The van der Waals surface area contributed by atoms with Crippen LogP contribution in [0, 0.1) is 5.92 Å². The minimum Gasteiger partial charge on any atom is -0.480 e. The number of carbonyl (C=O) groups is 2. The summed E-state index contributed by atoms with van der Waals surface area (Å²) >= 11 is 0. The van der Waals surface area contributed by atoms with Gasteiger partial charge in [-0.3, -0.25) is 0 Å². The number of carboxylic acids is 1. The Morgan fingerprint density at radius 2 is 2.24 bits per heavy atom. The zero-order valence-electron chi connectivity index (χ0n) is 10.1. The number of carboxylic acid groups (broad SMARTS) is 1. The Kier molecular flexibility index (Phi) is 5.21. The van der Waals surface area contributed by atoms with Crippen LogP contribution in [0.4, 0.5) is 4.79 Å². The highest BCUT2D eigenvalue weighted by atomic mass is 16.6. The van der Waals surface area contributed by atoms with Crippen molar-refractivity contribution in [2.45, 2.75) is 38.8 Å². The molecule has 1 aliphatic rings. The number of amides is 1. The molecule has 1 amide bonds. The fourth-order valence-corrected chi connectivity index (χ4v) is 1.63. The van der Waals surface area contributed by atoms with Crippen LogP contribution < -0.4 is 5.32 Å². The van der Waals surface area contributed by atoms with Gasteiger partial charge in [0.25, 0.3) is 0 Å². The first-order chi connectivity index (χ1) is 8.00. The lowest BCUT2D eigenvalue weighted by molar-refractivity contribution is -0.140. The molecule has 6 heteroatoms.